The second-order valence-corrected chi connectivity index (χ2v) is 7.09. The Kier molecular flexibility index (Phi) is 2.25. The summed E-state index contributed by atoms with van der Waals surface area (Å²) in [5.74, 6) is 0. The molecule has 2 aliphatic carbocycles. The lowest BCUT2D eigenvalue weighted by atomic mass is 9.73. The SMILES string of the molecule is CC1(C)Cc2c(ccn2C2(C)CCC2)C(N)C1. The summed E-state index contributed by atoms with van der Waals surface area (Å²) in [4.78, 5) is 0. The molecule has 0 aromatic carbocycles. The quantitative estimate of drug-likeness (QED) is 0.791. The highest BCUT2D eigenvalue weighted by Gasteiger charge is 2.39. The van der Waals surface area contributed by atoms with Crippen LogP contribution in [0.5, 0.6) is 0 Å². The Morgan fingerprint density at radius 1 is 1.29 bits per heavy atom. The van der Waals surface area contributed by atoms with Gasteiger partial charge >= 0.3 is 0 Å². The van der Waals surface area contributed by atoms with Gasteiger partial charge in [-0.3, -0.25) is 0 Å². The molecule has 0 radical (unpaired) electrons. The predicted octanol–water partition coefficient (Wildman–Crippen LogP) is 3.36. The first-order valence-electron chi connectivity index (χ1n) is 6.88. The van der Waals surface area contributed by atoms with Crippen LogP contribution in [0, 0.1) is 5.41 Å². The van der Waals surface area contributed by atoms with Gasteiger partial charge in [-0.05, 0) is 56.1 Å². The maximum absolute atomic E-state index is 6.32. The summed E-state index contributed by atoms with van der Waals surface area (Å²) in [6.45, 7) is 7.08. The van der Waals surface area contributed by atoms with Crippen molar-refractivity contribution < 1.29 is 0 Å². The Bertz CT molecular complexity index is 438. The molecule has 1 unspecified atom stereocenters. The molecule has 2 nitrogen and oxygen atoms in total. The Balaban J connectivity index is 2.04. The van der Waals surface area contributed by atoms with E-state index in [1.165, 1.54) is 36.9 Å². The molecular weight excluding hydrogens is 208 g/mol. The fourth-order valence-electron chi connectivity index (χ4n) is 3.67. The van der Waals surface area contributed by atoms with Crippen LogP contribution in [0.1, 0.15) is 63.8 Å². The molecule has 17 heavy (non-hydrogen) atoms. The number of hydrogen-bond acceptors (Lipinski definition) is 1. The molecule has 3 rings (SSSR count). The van der Waals surface area contributed by atoms with Crippen LogP contribution < -0.4 is 5.73 Å². The van der Waals surface area contributed by atoms with Crippen molar-refractivity contribution in [2.24, 2.45) is 11.1 Å². The van der Waals surface area contributed by atoms with Crippen LogP contribution in [0.25, 0.3) is 0 Å². The topological polar surface area (TPSA) is 30.9 Å². The van der Waals surface area contributed by atoms with Crippen LogP contribution in [-0.2, 0) is 12.0 Å². The van der Waals surface area contributed by atoms with Crippen molar-refractivity contribution in [3.05, 3.63) is 23.5 Å². The van der Waals surface area contributed by atoms with E-state index in [2.05, 4.69) is 37.6 Å². The molecule has 0 spiro atoms. The van der Waals surface area contributed by atoms with Crippen molar-refractivity contribution in [2.75, 3.05) is 0 Å². The fraction of sp³-hybridized carbons (Fsp3) is 0.733. The maximum atomic E-state index is 6.32. The van der Waals surface area contributed by atoms with Crippen molar-refractivity contribution in [1.29, 1.82) is 0 Å². The zero-order chi connectivity index (χ0) is 12.3. The van der Waals surface area contributed by atoms with E-state index < -0.39 is 0 Å². The summed E-state index contributed by atoms with van der Waals surface area (Å²) in [5.41, 5.74) is 9.96. The first-order chi connectivity index (χ1) is 7.91. The normalized spacial score (nSPS) is 29.5. The molecule has 0 amide bonds. The van der Waals surface area contributed by atoms with Gasteiger partial charge in [-0.1, -0.05) is 13.8 Å². The van der Waals surface area contributed by atoms with Crippen molar-refractivity contribution in [3.63, 3.8) is 0 Å². The third-order valence-corrected chi connectivity index (χ3v) is 4.86. The largest absolute Gasteiger partial charge is 0.345 e. The van der Waals surface area contributed by atoms with E-state index in [1.54, 1.807) is 0 Å². The Labute approximate surface area is 104 Å². The van der Waals surface area contributed by atoms with E-state index in [0.717, 1.165) is 6.42 Å². The minimum absolute atomic E-state index is 0.235. The van der Waals surface area contributed by atoms with Crippen LogP contribution in [-0.4, -0.2) is 4.57 Å². The minimum atomic E-state index is 0.235. The lowest BCUT2D eigenvalue weighted by Gasteiger charge is -2.44. The van der Waals surface area contributed by atoms with Gasteiger partial charge in [0, 0.05) is 23.5 Å². The van der Waals surface area contributed by atoms with Gasteiger partial charge in [-0.25, -0.2) is 0 Å². The number of nitrogens with zero attached hydrogens (tertiary/aromatic N) is 1. The average molecular weight is 232 g/mol. The van der Waals surface area contributed by atoms with E-state index in [-0.39, 0.29) is 6.04 Å². The van der Waals surface area contributed by atoms with Crippen LogP contribution in [0.15, 0.2) is 12.3 Å². The molecule has 1 aromatic heterocycles. The standard InChI is InChI=1S/C15H24N2/c1-14(2)9-12(16)11-5-8-17(13(11)10-14)15(3)6-4-7-15/h5,8,12H,4,6-7,9-10,16H2,1-3H3. The van der Waals surface area contributed by atoms with E-state index in [1.807, 2.05) is 0 Å². The number of rotatable bonds is 1. The summed E-state index contributed by atoms with van der Waals surface area (Å²) >= 11 is 0. The maximum Gasteiger partial charge on any atom is 0.0414 e. The van der Waals surface area contributed by atoms with Gasteiger partial charge in [0.15, 0.2) is 0 Å². The molecule has 1 aromatic rings. The van der Waals surface area contributed by atoms with Gasteiger partial charge < -0.3 is 10.3 Å². The lowest BCUT2D eigenvalue weighted by Crippen LogP contribution is -2.40. The molecule has 1 heterocycles. The molecule has 1 fully saturated rings. The molecular formula is C15H24N2. The molecule has 0 saturated heterocycles. The Morgan fingerprint density at radius 2 is 2.00 bits per heavy atom. The van der Waals surface area contributed by atoms with Crippen LogP contribution in [0.2, 0.25) is 0 Å². The molecule has 1 atom stereocenters. The second-order valence-electron chi connectivity index (χ2n) is 7.09. The smallest absolute Gasteiger partial charge is 0.0414 e. The summed E-state index contributed by atoms with van der Waals surface area (Å²) in [7, 11) is 0. The Hall–Kier alpha value is -0.760. The van der Waals surface area contributed by atoms with Crippen molar-refractivity contribution in [2.45, 2.75) is 64.5 Å². The van der Waals surface area contributed by atoms with E-state index >= 15 is 0 Å². The second kappa shape index (κ2) is 3.38. The summed E-state index contributed by atoms with van der Waals surface area (Å²) in [6.07, 6.45) is 8.59. The van der Waals surface area contributed by atoms with Gasteiger partial charge in [0.25, 0.3) is 0 Å². The zero-order valence-corrected chi connectivity index (χ0v) is 11.3. The molecule has 0 bridgehead atoms. The Morgan fingerprint density at radius 3 is 2.59 bits per heavy atom. The third kappa shape index (κ3) is 1.65. The number of fused-ring (bicyclic) bond motifs is 1. The molecule has 0 aliphatic heterocycles. The average Bonchev–Trinajstić information content (AvgIpc) is 2.56. The summed E-state index contributed by atoms with van der Waals surface area (Å²) in [5, 5.41) is 0. The van der Waals surface area contributed by atoms with Gasteiger partial charge in [0.2, 0.25) is 0 Å². The van der Waals surface area contributed by atoms with Crippen LogP contribution in [0.4, 0.5) is 0 Å². The number of hydrogen-bond donors (Lipinski definition) is 1. The minimum Gasteiger partial charge on any atom is -0.345 e. The van der Waals surface area contributed by atoms with Crippen molar-refractivity contribution in [1.82, 2.24) is 4.57 Å². The zero-order valence-electron chi connectivity index (χ0n) is 11.3. The number of aromatic nitrogens is 1. The van der Waals surface area contributed by atoms with E-state index in [4.69, 9.17) is 5.73 Å². The lowest BCUT2D eigenvalue weighted by molar-refractivity contribution is 0.156. The molecule has 2 aliphatic rings. The van der Waals surface area contributed by atoms with Gasteiger partial charge in [0.1, 0.15) is 0 Å². The third-order valence-electron chi connectivity index (χ3n) is 4.86. The highest BCUT2D eigenvalue weighted by Crippen LogP contribution is 2.45. The van der Waals surface area contributed by atoms with Crippen LogP contribution in [0.3, 0.4) is 0 Å². The summed E-state index contributed by atoms with van der Waals surface area (Å²) < 4.78 is 2.53. The highest BCUT2D eigenvalue weighted by molar-refractivity contribution is 5.31. The molecule has 2 N–H and O–H groups in total. The van der Waals surface area contributed by atoms with Crippen LogP contribution >= 0.6 is 0 Å². The molecule has 1 saturated carbocycles. The van der Waals surface area contributed by atoms with Gasteiger partial charge in [-0.2, -0.15) is 0 Å². The predicted molar refractivity (Wildman–Crippen MR) is 71.0 cm³/mol. The molecule has 94 valence electrons. The van der Waals surface area contributed by atoms with Gasteiger partial charge in [0.05, 0.1) is 0 Å². The van der Waals surface area contributed by atoms with E-state index in [9.17, 15) is 0 Å². The monoisotopic (exact) mass is 232 g/mol. The molecule has 2 heteroatoms. The van der Waals surface area contributed by atoms with Crippen molar-refractivity contribution >= 4 is 0 Å². The highest BCUT2D eigenvalue weighted by atomic mass is 15.1. The number of nitrogens with two attached hydrogens (primary N) is 1. The first kappa shape index (κ1) is 11.3. The van der Waals surface area contributed by atoms with E-state index in [0.29, 0.717) is 11.0 Å². The van der Waals surface area contributed by atoms with Crippen molar-refractivity contribution in [3.8, 4) is 0 Å². The first-order valence-corrected chi connectivity index (χ1v) is 6.88. The van der Waals surface area contributed by atoms with Gasteiger partial charge in [-0.15, -0.1) is 0 Å². The summed E-state index contributed by atoms with van der Waals surface area (Å²) in [6, 6.07) is 2.50. The fourth-order valence-corrected chi connectivity index (χ4v) is 3.67.